The van der Waals surface area contributed by atoms with E-state index in [2.05, 4.69) is 0 Å². The molecule has 0 aliphatic carbocycles. The molecule has 0 fully saturated rings. The Balaban J connectivity index is 2.20. The van der Waals surface area contributed by atoms with E-state index in [0.717, 1.165) is 11.1 Å². The fourth-order valence-corrected chi connectivity index (χ4v) is 2.21. The average molecular weight is 286 g/mol. The molecule has 0 radical (unpaired) electrons. The molecule has 4 heteroatoms. The molecule has 2 aromatic rings. The van der Waals surface area contributed by atoms with Crippen LogP contribution in [0.3, 0.4) is 0 Å². The topological polar surface area (TPSA) is 46.3 Å². The molecule has 0 heterocycles. The molecule has 0 bridgehead atoms. The van der Waals surface area contributed by atoms with E-state index in [-0.39, 0.29) is 11.7 Å². The van der Waals surface area contributed by atoms with Crippen LogP contribution in [0, 0.1) is 12.7 Å². The summed E-state index contributed by atoms with van der Waals surface area (Å²) in [7, 11) is 0. The van der Waals surface area contributed by atoms with Gasteiger partial charge in [-0.3, -0.25) is 4.79 Å². The second kappa shape index (κ2) is 6.39. The van der Waals surface area contributed by atoms with Gasteiger partial charge in [-0.25, -0.2) is 4.39 Å². The van der Waals surface area contributed by atoms with Crippen LogP contribution in [0.15, 0.2) is 42.5 Å². The van der Waals surface area contributed by atoms with Gasteiger partial charge in [-0.2, -0.15) is 0 Å². The highest BCUT2D eigenvalue weighted by molar-refractivity contribution is 5.94. The third-order valence-electron chi connectivity index (χ3n) is 3.31. The zero-order valence-electron chi connectivity index (χ0n) is 12.3. The van der Waals surface area contributed by atoms with Crippen molar-refractivity contribution in [3.05, 3.63) is 65.0 Å². The lowest BCUT2D eigenvalue weighted by Crippen LogP contribution is -2.30. The van der Waals surface area contributed by atoms with Gasteiger partial charge in [0.1, 0.15) is 5.82 Å². The number of halogens is 1. The Morgan fingerprint density at radius 3 is 2.43 bits per heavy atom. The normalized spacial score (nSPS) is 10.4. The molecule has 2 rings (SSSR count). The standard InChI is InChI=1S/C17H19FN2O/c1-3-20(11-13-4-6-16(19)7-5-13)17(21)14-8-12(2)9-15(18)10-14/h4-10H,3,11,19H2,1-2H3. The minimum Gasteiger partial charge on any atom is -0.399 e. The maximum Gasteiger partial charge on any atom is 0.254 e. The molecule has 2 N–H and O–H groups in total. The van der Waals surface area contributed by atoms with Crippen molar-refractivity contribution < 1.29 is 9.18 Å². The number of rotatable bonds is 4. The number of carbonyl (C=O) groups is 1. The maximum atomic E-state index is 13.4. The highest BCUT2D eigenvalue weighted by atomic mass is 19.1. The smallest absolute Gasteiger partial charge is 0.254 e. The Kier molecular flexibility index (Phi) is 4.58. The number of aryl methyl sites for hydroxylation is 1. The van der Waals surface area contributed by atoms with Gasteiger partial charge in [0.15, 0.2) is 0 Å². The van der Waals surface area contributed by atoms with Gasteiger partial charge < -0.3 is 10.6 Å². The fourth-order valence-electron chi connectivity index (χ4n) is 2.21. The van der Waals surface area contributed by atoms with Gasteiger partial charge in [0.2, 0.25) is 0 Å². The van der Waals surface area contributed by atoms with Gasteiger partial charge in [0.05, 0.1) is 0 Å². The third kappa shape index (κ3) is 3.81. The number of benzene rings is 2. The molecule has 0 unspecified atom stereocenters. The van der Waals surface area contributed by atoms with Crippen molar-refractivity contribution in [3.8, 4) is 0 Å². The molecule has 0 atom stereocenters. The van der Waals surface area contributed by atoms with E-state index in [1.165, 1.54) is 12.1 Å². The van der Waals surface area contributed by atoms with Crippen molar-refractivity contribution in [2.75, 3.05) is 12.3 Å². The van der Waals surface area contributed by atoms with Crippen LogP contribution in [0.4, 0.5) is 10.1 Å². The van der Waals surface area contributed by atoms with E-state index in [9.17, 15) is 9.18 Å². The van der Waals surface area contributed by atoms with Crippen LogP contribution in [0.1, 0.15) is 28.4 Å². The first-order chi connectivity index (χ1) is 9.99. The first-order valence-corrected chi connectivity index (χ1v) is 6.90. The SMILES string of the molecule is CCN(Cc1ccc(N)cc1)C(=O)c1cc(C)cc(F)c1. The summed E-state index contributed by atoms with van der Waals surface area (Å²) in [6, 6.07) is 11.8. The van der Waals surface area contributed by atoms with Crippen molar-refractivity contribution in [1.82, 2.24) is 4.90 Å². The van der Waals surface area contributed by atoms with Crippen molar-refractivity contribution in [2.45, 2.75) is 20.4 Å². The zero-order valence-corrected chi connectivity index (χ0v) is 12.3. The largest absolute Gasteiger partial charge is 0.399 e. The molecule has 0 saturated heterocycles. The van der Waals surface area contributed by atoms with Gasteiger partial charge in [-0.05, 0) is 55.3 Å². The molecule has 1 amide bonds. The Morgan fingerprint density at radius 1 is 1.19 bits per heavy atom. The molecular formula is C17H19FN2O. The second-order valence-corrected chi connectivity index (χ2v) is 5.08. The number of carbonyl (C=O) groups excluding carboxylic acids is 1. The van der Waals surface area contributed by atoms with Crippen LogP contribution in [0.5, 0.6) is 0 Å². The fraction of sp³-hybridized carbons (Fsp3) is 0.235. The highest BCUT2D eigenvalue weighted by Gasteiger charge is 2.15. The van der Waals surface area contributed by atoms with Crippen molar-refractivity contribution in [3.63, 3.8) is 0 Å². The third-order valence-corrected chi connectivity index (χ3v) is 3.31. The van der Waals surface area contributed by atoms with Crippen LogP contribution < -0.4 is 5.73 Å². The molecule has 110 valence electrons. The van der Waals surface area contributed by atoms with Crippen LogP contribution in [-0.4, -0.2) is 17.4 Å². The predicted molar refractivity (Wildman–Crippen MR) is 82.4 cm³/mol. The van der Waals surface area contributed by atoms with E-state index >= 15 is 0 Å². The van der Waals surface area contributed by atoms with E-state index in [1.54, 1.807) is 30.0 Å². The second-order valence-electron chi connectivity index (χ2n) is 5.08. The van der Waals surface area contributed by atoms with Crippen molar-refractivity contribution in [1.29, 1.82) is 0 Å². The predicted octanol–water partition coefficient (Wildman–Crippen LogP) is 3.38. The summed E-state index contributed by atoms with van der Waals surface area (Å²) in [5, 5.41) is 0. The number of hydrogen-bond donors (Lipinski definition) is 1. The van der Waals surface area contributed by atoms with Crippen LogP contribution >= 0.6 is 0 Å². The Hall–Kier alpha value is -2.36. The zero-order chi connectivity index (χ0) is 15.4. The Morgan fingerprint density at radius 2 is 1.86 bits per heavy atom. The lowest BCUT2D eigenvalue weighted by Gasteiger charge is -2.21. The van der Waals surface area contributed by atoms with E-state index in [0.29, 0.717) is 24.3 Å². The molecule has 0 aliphatic rings. The molecule has 3 nitrogen and oxygen atoms in total. The van der Waals surface area contributed by atoms with Crippen molar-refractivity contribution in [2.24, 2.45) is 0 Å². The summed E-state index contributed by atoms with van der Waals surface area (Å²) in [5.41, 5.74) is 8.45. The molecule has 0 spiro atoms. The number of nitrogens with zero attached hydrogens (tertiary/aromatic N) is 1. The lowest BCUT2D eigenvalue weighted by molar-refractivity contribution is 0.0752. The molecule has 21 heavy (non-hydrogen) atoms. The van der Waals surface area contributed by atoms with E-state index in [4.69, 9.17) is 5.73 Å². The number of nitrogens with two attached hydrogens (primary N) is 1. The van der Waals surface area contributed by atoms with Crippen LogP contribution in [0.2, 0.25) is 0 Å². The number of anilines is 1. The first-order valence-electron chi connectivity index (χ1n) is 6.90. The van der Waals surface area contributed by atoms with Crippen LogP contribution in [0.25, 0.3) is 0 Å². The summed E-state index contributed by atoms with van der Waals surface area (Å²) in [6.07, 6.45) is 0. The quantitative estimate of drug-likeness (QED) is 0.876. The number of nitrogen functional groups attached to an aromatic ring is 1. The van der Waals surface area contributed by atoms with Gasteiger partial charge in [0.25, 0.3) is 5.91 Å². The molecular weight excluding hydrogens is 267 g/mol. The van der Waals surface area contributed by atoms with E-state index in [1.807, 2.05) is 19.1 Å². The van der Waals surface area contributed by atoms with Gasteiger partial charge in [0, 0.05) is 24.3 Å². The minimum absolute atomic E-state index is 0.170. The lowest BCUT2D eigenvalue weighted by atomic mass is 10.1. The molecule has 0 saturated carbocycles. The van der Waals surface area contributed by atoms with Gasteiger partial charge in [-0.15, -0.1) is 0 Å². The Labute approximate surface area is 124 Å². The minimum atomic E-state index is -0.387. The summed E-state index contributed by atoms with van der Waals surface area (Å²) < 4.78 is 13.4. The van der Waals surface area contributed by atoms with Crippen LogP contribution in [-0.2, 0) is 6.54 Å². The number of hydrogen-bond acceptors (Lipinski definition) is 2. The molecule has 0 aromatic heterocycles. The van der Waals surface area contributed by atoms with Crippen molar-refractivity contribution >= 4 is 11.6 Å². The Bertz CT molecular complexity index is 617. The van der Waals surface area contributed by atoms with Gasteiger partial charge >= 0.3 is 0 Å². The summed E-state index contributed by atoms with van der Waals surface area (Å²) in [4.78, 5) is 14.2. The summed E-state index contributed by atoms with van der Waals surface area (Å²) in [6.45, 7) is 4.71. The summed E-state index contributed by atoms with van der Waals surface area (Å²) >= 11 is 0. The first kappa shape index (κ1) is 15.0. The monoisotopic (exact) mass is 286 g/mol. The average Bonchev–Trinajstić information content (AvgIpc) is 2.45. The van der Waals surface area contributed by atoms with E-state index < -0.39 is 0 Å². The number of amides is 1. The molecule has 0 aliphatic heterocycles. The maximum absolute atomic E-state index is 13.4. The molecule has 2 aromatic carbocycles. The highest BCUT2D eigenvalue weighted by Crippen LogP contribution is 2.14. The van der Waals surface area contributed by atoms with Gasteiger partial charge in [-0.1, -0.05) is 12.1 Å². The summed E-state index contributed by atoms with van der Waals surface area (Å²) in [5.74, 6) is -0.557.